The molecule has 2 saturated carbocycles. The second kappa shape index (κ2) is 4.09. The number of rotatable bonds is 3. The van der Waals surface area contributed by atoms with Gasteiger partial charge in [-0.15, -0.1) is 0 Å². The zero-order valence-electron chi connectivity index (χ0n) is 12.0. The maximum atomic E-state index is 11.1. The van der Waals surface area contributed by atoms with E-state index in [2.05, 4.69) is 20.8 Å². The summed E-state index contributed by atoms with van der Waals surface area (Å²) in [6.07, 6.45) is 4.80. The van der Waals surface area contributed by atoms with Crippen molar-refractivity contribution in [3.8, 4) is 5.75 Å². The number of fused-ring (bicyclic) bond motifs is 2. The monoisotopic (exact) mass is 258 g/mol. The Morgan fingerprint density at radius 1 is 1.26 bits per heavy atom. The van der Waals surface area contributed by atoms with Crippen molar-refractivity contribution in [2.24, 2.45) is 16.7 Å². The van der Waals surface area contributed by atoms with Crippen LogP contribution in [-0.2, 0) is 0 Å². The minimum absolute atomic E-state index is 0.230. The van der Waals surface area contributed by atoms with Crippen LogP contribution in [0.25, 0.3) is 0 Å². The molecule has 0 radical (unpaired) electrons. The lowest BCUT2D eigenvalue weighted by Crippen LogP contribution is -2.39. The van der Waals surface area contributed by atoms with Gasteiger partial charge in [0.15, 0.2) is 6.29 Å². The molecule has 0 saturated heterocycles. The van der Waals surface area contributed by atoms with Crippen LogP contribution in [0.3, 0.4) is 0 Å². The maximum Gasteiger partial charge on any atom is 0.153 e. The predicted octanol–water partition coefficient (Wildman–Crippen LogP) is 4.09. The maximum absolute atomic E-state index is 11.1. The molecule has 19 heavy (non-hydrogen) atoms. The van der Waals surface area contributed by atoms with Crippen molar-refractivity contribution >= 4 is 6.29 Å². The van der Waals surface area contributed by atoms with Crippen LogP contribution in [0.2, 0.25) is 0 Å². The molecule has 0 amide bonds. The first-order valence-electron chi connectivity index (χ1n) is 7.20. The Kier molecular flexibility index (Phi) is 2.74. The van der Waals surface area contributed by atoms with Crippen LogP contribution < -0.4 is 4.74 Å². The molecular formula is C17H22O2. The van der Waals surface area contributed by atoms with E-state index in [1.807, 2.05) is 24.3 Å². The van der Waals surface area contributed by atoms with Crippen molar-refractivity contribution < 1.29 is 9.53 Å². The number of carbonyl (C=O) groups excluding carboxylic acids is 1. The first-order valence-corrected chi connectivity index (χ1v) is 7.20. The molecule has 2 bridgehead atoms. The molecule has 0 N–H and O–H groups in total. The molecule has 2 fully saturated rings. The third-order valence-electron chi connectivity index (χ3n) is 6.03. The summed E-state index contributed by atoms with van der Waals surface area (Å²) in [4.78, 5) is 11.1. The average Bonchev–Trinajstić information content (AvgIpc) is 2.72. The lowest BCUT2D eigenvalue weighted by atomic mass is 9.70. The lowest BCUT2D eigenvalue weighted by Gasteiger charge is -2.39. The van der Waals surface area contributed by atoms with Gasteiger partial charge in [-0.3, -0.25) is 4.79 Å². The fourth-order valence-electron chi connectivity index (χ4n) is 4.15. The molecule has 3 unspecified atom stereocenters. The fraction of sp³-hybridized carbons (Fsp3) is 0.588. The molecule has 0 aliphatic heterocycles. The van der Waals surface area contributed by atoms with E-state index in [0.717, 1.165) is 24.4 Å². The van der Waals surface area contributed by atoms with E-state index in [1.165, 1.54) is 12.8 Å². The Hall–Kier alpha value is -1.31. The Labute approximate surface area is 115 Å². The summed E-state index contributed by atoms with van der Waals surface area (Å²) in [6, 6.07) is 7.54. The minimum Gasteiger partial charge on any atom is -0.489 e. The summed E-state index contributed by atoms with van der Waals surface area (Å²) in [5.41, 5.74) is 1.23. The molecule has 2 heteroatoms. The van der Waals surface area contributed by atoms with Crippen molar-refractivity contribution in [3.05, 3.63) is 29.8 Å². The summed E-state index contributed by atoms with van der Waals surface area (Å²) >= 11 is 0. The molecular weight excluding hydrogens is 236 g/mol. The van der Waals surface area contributed by atoms with Gasteiger partial charge in [0.25, 0.3) is 0 Å². The van der Waals surface area contributed by atoms with Crippen molar-refractivity contribution in [2.45, 2.75) is 46.1 Å². The summed E-state index contributed by atoms with van der Waals surface area (Å²) in [6.45, 7) is 7.10. The second-order valence-electron chi connectivity index (χ2n) is 6.87. The SMILES string of the molecule is CC1(C)C2CCC1(C)C(Oc1ccccc1C=O)C2. The predicted molar refractivity (Wildman–Crippen MR) is 75.5 cm³/mol. The molecule has 2 aliphatic rings. The molecule has 0 spiro atoms. The topological polar surface area (TPSA) is 26.3 Å². The number of hydrogen-bond donors (Lipinski definition) is 0. The standard InChI is InChI=1S/C17H22O2/c1-16(2)13-8-9-17(16,3)15(10-13)19-14-7-5-4-6-12(14)11-18/h4-7,11,13,15H,8-10H2,1-3H3. The van der Waals surface area contributed by atoms with Gasteiger partial charge in [-0.1, -0.05) is 32.9 Å². The Morgan fingerprint density at radius 3 is 2.58 bits per heavy atom. The molecule has 3 rings (SSSR count). The van der Waals surface area contributed by atoms with Gasteiger partial charge in [0.1, 0.15) is 11.9 Å². The van der Waals surface area contributed by atoms with E-state index in [4.69, 9.17) is 4.74 Å². The quantitative estimate of drug-likeness (QED) is 0.763. The smallest absolute Gasteiger partial charge is 0.153 e. The van der Waals surface area contributed by atoms with Crippen molar-refractivity contribution in [2.75, 3.05) is 0 Å². The van der Waals surface area contributed by atoms with Crippen LogP contribution in [0.4, 0.5) is 0 Å². The zero-order valence-corrected chi connectivity index (χ0v) is 12.0. The van der Waals surface area contributed by atoms with E-state index in [9.17, 15) is 4.79 Å². The minimum atomic E-state index is 0.230. The van der Waals surface area contributed by atoms with Gasteiger partial charge in [-0.25, -0.2) is 0 Å². The second-order valence-corrected chi connectivity index (χ2v) is 6.87. The fourth-order valence-corrected chi connectivity index (χ4v) is 4.15. The van der Waals surface area contributed by atoms with Gasteiger partial charge < -0.3 is 4.74 Å². The Morgan fingerprint density at radius 2 is 2.00 bits per heavy atom. The third-order valence-corrected chi connectivity index (χ3v) is 6.03. The number of aldehydes is 1. The summed E-state index contributed by atoms with van der Waals surface area (Å²) in [5.74, 6) is 1.50. The van der Waals surface area contributed by atoms with Crippen LogP contribution in [0.1, 0.15) is 50.4 Å². The summed E-state index contributed by atoms with van der Waals surface area (Å²) in [7, 11) is 0. The van der Waals surface area contributed by atoms with E-state index >= 15 is 0 Å². The van der Waals surface area contributed by atoms with Gasteiger partial charge in [-0.05, 0) is 42.7 Å². The Balaban J connectivity index is 1.88. The lowest BCUT2D eigenvalue weighted by molar-refractivity contribution is 0.0298. The van der Waals surface area contributed by atoms with E-state index in [0.29, 0.717) is 11.0 Å². The number of benzene rings is 1. The van der Waals surface area contributed by atoms with Crippen molar-refractivity contribution in [1.82, 2.24) is 0 Å². The highest BCUT2D eigenvalue weighted by Gasteiger charge is 2.62. The van der Waals surface area contributed by atoms with E-state index < -0.39 is 0 Å². The van der Waals surface area contributed by atoms with Crippen LogP contribution in [-0.4, -0.2) is 12.4 Å². The van der Waals surface area contributed by atoms with E-state index in [1.54, 1.807) is 0 Å². The third kappa shape index (κ3) is 1.65. The number of carbonyl (C=O) groups is 1. The normalized spacial score (nSPS) is 35.3. The molecule has 1 aromatic carbocycles. The van der Waals surface area contributed by atoms with Gasteiger partial charge in [-0.2, -0.15) is 0 Å². The number of hydrogen-bond acceptors (Lipinski definition) is 2. The summed E-state index contributed by atoms with van der Waals surface area (Å²) in [5, 5.41) is 0. The van der Waals surface area contributed by atoms with Crippen molar-refractivity contribution in [1.29, 1.82) is 0 Å². The number of para-hydroxylation sites is 1. The van der Waals surface area contributed by atoms with Crippen LogP contribution >= 0.6 is 0 Å². The largest absolute Gasteiger partial charge is 0.489 e. The first-order chi connectivity index (χ1) is 8.99. The molecule has 2 aliphatic carbocycles. The Bertz CT molecular complexity index is 506. The first kappa shape index (κ1) is 12.7. The highest BCUT2D eigenvalue weighted by molar-refractivity contribution is 5.79. The molecule has 1 aromatic rings. The highest BCUT2D eigenvalue weighted by Crippen LogP contribution is 2.66. The van der Waals surface area contributed by atoms with Crippen molar-refractivity contribution in [3.63, 3.8) is 0 Å². The molecule has 0 heterocycles. The van der Waals surface area contributed by atoms with Gasteiger partial charge >= 0.3 is 0 Å². The van der Waals surface area contributed by atoms with Gasteiger partial charge in [0.2, 0.25) is 0 Å². The van der Waals surface area contributed by atoms with Crippen LogP contribution in [0.5, 0.6) is 5.75 Å². The van der Waals surface area contributed by atoms with Crippen LogP contribution in [0.15, 0.2) is 24.3 Å². The average molecular weight is 258 g/mol. The van der Waals surface area contributed by atoms with Gasteiger partial charge in [0.05, 0.1) is 5.56 Å². The number of ether oxygens (including phenoxy) is 1. The zero-order chi connectivity index (χ0) is 13.7. The molecule has 2 nitrogen and oxygen atoms in total. The molecule has 0 aromatic heterocycles. The van der Waals surface area contributed by atoms with Gasteiger partial charge in [0, 0.05) is 5.41 Å². The summed E-state index contributed by atoms with van der Waals surface area (Å²) < 4.78 is 6.24. The molecule has 102 valence electrons. The highest BCUT2D eigenvalue weighted by atomic mass is 16.5. The van der Waals surface area contributed by atoms with E-state index in [-0.39, 0.29) is 11.5 Å². The molecule has 3 atom stereocenters. The van der Waals surface area contributed by atoms with Crippen LogP contribution in [0, 0.1) is 16.7 Å².